The number of nitro groups is 1. The summed E-state index contributed by atoms with van der Waals surface area (Å²) in [7, 11) is 1.52. The number of hydrogen-bond acceptors (Lipinski definition) is 5. The first-order valence-corrected chi connectivity index (χ1v) is 6.92. The SMILES string of the molecule is COc1cc(C#N)ccc1Nc1ccc([N+](=O)[O-])c(I)c1. The molecule has 2 aromatic rings. The number of nitriles is 1. The van der Waals surface area contributed by atoms with E-state index >= 15 is 0 Å². The smallest absolute Gasteiger partial charge is 0.282 e. The molecule has 106 valence electrons. The van der Waals surface area contributed by atoms with E-state index in [1.54, 1.807) is 30.3 Å². The Balaban J connectivity index is 2.32. The van der Waals surface area contributed by atoms with Gasteiger partial charge in [-0.3, -0.25) is 10.1 Å². The minimum absolute atomic E-state index is 0.0629. The van der Waals surface area contributed by atoms with Gasteiger partial charge in [-0.05, 0) is 46.9 Å². The van der Waals surface area contributed by atoms with Crippen molar-refractivity contribution in [3.8, 4) is 11.8 Å². The molecule has 0 amide bonds. The normalized spacial score (nSPS) is 9.76. The van der Waals surface area contributed by atoms with Gasteiger partial charge in [0.15, 0.2) is 0 Å². The Morgan fingerprint density at radius 3 is 2.67 bits per heavy atom. The van der Waals surface area contributed by atoms with Gasteiger partial charge in [0.25, 0.3) is 5.69 Å². The second-order valence-corrected chi connectivity index (χ2v) is 5.24. The van der Waals surface area contributed by atoms with Gasteiger partial charge in [0.2, 0.25) is 0 Å². The van der Waals surface area contributed by atoms with Crippen molar-refractivity contribution in [1.82, 2.24) is 0 Å². The lowest BCUT2D eigenvalue weighted by molar-refractivity contribution is -0.385. The number of nitro benzene ring substituents is 1. The predicted octanol–water partition coefficient (Wildman–Crippen LogP) is 3.82. The van der Waals surface area contributed by atoms with E-state index in [4.69, 9.17) is 10.00 Å². The monoisotopic (exact) mass is 395 g/mol. The van der Waals surface area contributed by atoms with Crippen molar-refractivity contribution in [1.29, 1.82) is 5.26 Å². The third-order valence-corrected chi connectivity index (χ3v) is 3.62. The zero-order valence-electron chi connectivity index (χ0n) is 11.0. The van der Waals surface area contributed by atoms with Crippen molar-refractivity contribution in [2.24, 2.45) is 0 Å². The van der Waals surface area contributed by atoms with Crippen LogP contribution in [0.3, 0.4) is 0 Å². The fourth-order valence-electron chi connectivity index (χ4n) is 1.75. The summed E-state index contributed by atoms with van der Waals surface area (Å²) in [4.78, 5) is 10.4. The van der Waals surface area contributed by atoms with Gasteiger partial charge in [0.05, 0.1) is 32.9 Å². The second-order valence-electron chi connectivity index (χ2n) is 4.08. The minimum Gasteiger partial charge on any atom is -0.495 e. The van der Waals surface area contributed by atoms with Crippen molar-refractivity contribution >= 4 is 39.7 Å². The van der Waals surface area contributed by atoms with E-state index in [0.717, 1.165) is 0 Å². The molecule has 0 heterocycles. The molecule has 0 atom stereocenters. The molecule has 2 aromatic carbocycles. The van der Waals surface area contributed by atoms with Gasteiger partial charge >= 0.3 is 0 Å². The van der Waals surface area contributed by atoms with E-state index in [1.807, 2.05) is 28.7 Å². The third kappa shape index (κ3) is 3.41. The summed E-state index contributed by atoms with van der Waals surface area (Å²) in [5.74, 6) is 0.530. The van der Waals surface area contributed by atoms with Crippen molar-refractivity contribution in [3.05, 3.63) is 55.6 Å². The Morgan fingerprint density at radius 2 is 2.10 bits per heavy atom. The maximum Gasteiger partial charge on any atom is 0.282 e. The van der Waals surface area contributed by atoms with Crippen LogP contribution >= 0.6 is 22.6 Å². The first-order valence-electron chi connectivity index (χ1n) is 5.84. The predicted molar refractivity (Wildman–Crippen MR) is 86.8 cm³/mol. The Hall–Kier alpha value is -2.34. The summed E-state index contributed by atoms with van der Waals surface area (Å²) >= 11 is 1.92. The average Bonchev–Trinajstić information content (AvgIpc) is 2.47. The molecular formula is C14H10IN3O3. The van der Waals surface area contributed by atoms with Crippen LogP contribution in [0.4, 0.5) is 17.1 Å². The van der Waals surface area contributed by atoms with Crippen molar-refractivity contribution in [2.45, 2.75) is 0 Å². The molecule has 0 aliphatic rings. The van der Waals surface area contributed by atoms with E-state index in [2.05, 4.69) is 5.32 Å². The van der Waals surface area contributed by atoms with Gasteiger partial charge in [0, 0.05) is 17.8 Å². The Labute approximate surface area is 134 Å². The molecule has 0 aliphatic carbocycles. The van der Waals surface area contributed by atoms with E-state index in [-0.39, 0.29) is 5.69 Å². The summed E-state index contributed by atoms with van der Waals surface area (Å²) in [6, 6.07) is 11.8. The molecule has 0 saturated carbocycles. The maximum atomic E-state index is 10.8. The molecule has 0 bridgehead atoms. The van der Waals surface area contributed by atoms with E-state index < -0.39 is 4.92 Å². The Bertz CT molecular complexity index is 741. The Morgan fingerprint density at radius 1 is 1.33 bits per heavy atom. The van der Waals surface area contributed by atoms with Gasteiger partial charge in [-0.25, -0.2) is 0 Å². The number of methoxy groups -OCH3 is 1. The highest BCUT2D eigenvalue weighted by molar-refractivity contribution is 14.1. The molecule has 7 heteroatoms. The number of nitrogens with one attached hydrogen (secondary N) is 1. The van der Waals surface area contributed by atoms with Crippen LogP contribution in [0.15, 0.2) is 36.4 Å². The number of halogens is 1. The van der Waals surface area contributed by atoms with Crippen LogP contribution in [0, 0.1) is 25.0 Å². The summed E-state index contributed by atoms with van der Waals surface area (Å²) in [6.07, 6.45) is 0. The lowest BCUT2D eigenvalue weighted by Crippen LogP contribution is -1.97. The zero-order chi connectivity index (χ0) is 15.4. The lowest BCUT2D eigenvalue weighted by Gasteiger charge is -2.11. The number of nitrogens with zero attached hydrogens (tertiary/aromatic N) is 2. The quantitative estimate of drug-likeness (QED) is 0.483. The van der Waals surface area contributed by atoms with Gasteiger partial charge in [0.1, 0.15) is 5.75 Å². The van der Waals surface area contributed by atoms with Crippen LogP contribution in [-0.2, 0) is 0 Å². The molecule has 2 rings (SSSR count). The van der Waals surface area contributed by atoms with Gasteiger partial charge in [-0.2, -0.15) is 5.26 Å². The third-order valence-electron chi connectivity index (χ3n) is 2.75. The molecule has 1 N–H and O–H groups in total. The maximum absolute atomic E-state index is 10.8. The highest BCUT2D eigenvalue weighted by atomic mass is 127. The lowest BCUT2D eigenvalue weighted by atomic mass is 10.2. The first kappa shape index (κ1) is 15.1. The van der Waals surface area contributed by atoms with Crippen LogP contribution in [-0.4, -0.2) is 12.0 Å². The molecule has 0 aromatic heterocycles. The number of rotatable bonds is 4. The van der Waals surface area contributed by atoms with Crippen molar-refractivity contribution in [3.63, 3.8) is 0 Å². The molecule has 0 spiro atoms. The first-order chi connectivity index (χ1) is 10.0. The second kappa shape index (κ2) is 6.41. The van der Waals surface area contributed by atoms with Crippen molar-refractivity contribution in [2.75, 3.05) is 12.4 Å². The topological polar surface area (TPSA) is 88.2 Å². The Kier molecular flexibility index (Phi) is 4.59. The standard InChI is InChI=1S/C14H10IN3O3/c1-21-14-6-9(8-16)2-4-12(14)17-10-3-5-13(18(19)20)11(15)7-10/h2-7,17H,1H3. The molecule has 0 fully saturated rings. The van der Waals surface area contributed by atoms with E-state index in [9.17, 15) is 10.1 Å². The minimum atomic E-state index is -0.423. The fraction of sp³-hybridized carbons (Fsp3) is 0.0714. The molecule has 21 heavy (non-hydrogen) atoms. The van der Waals surface area contributed by atoms with E-state index in [1.165, 1.54) is 13.2 Å². The molecule has 0 aliphatic heterocycles. The number of benzene rings is 2. The van der Waals surface area contributed by atoms with Crippen LogP contribution in [0.25, 0.3) is 0 Å². The van der Waals surface area contributed by atoms with Crippen LogP contribution in [0.2, 0.25) is 0 Å². The number of ether oxygens (including phenoxy) is 1. The number of hydrogen-bond donors (Lipinski definition) is 1. The van der Waals surface area contributed by atoms with Crippen LogP contribution in [0.5, 0.6) is 5.75 Å². The number of anilines is 2. The summed E-state index contributed by atoms with van der Waals surface area (Å²) < 4.78 is 5.77. The summed E-state index contributed by atoms with van der Waals surface area (Å²) in [5.41, 5.74) is 1.94. The molecule has 0 saturated heterocycles. The highest BCUT2D eigenvalue weighted by Gasteiger charge is 2.12. The molecule has 0 radical (unpaired) electrons. The molecule has 0 unspecified atom stereocenters. The van der Waals surface area contributed by atoms with Gasteiger partial charge in [-0.15, -0.1) is 0 Å². The highest BCUT2D eigenvalue weighted by Crippen LogP contribution is 2.31. The average molecular weight is 395 g/mol. The van der Waals surface area contributed by atoms with Crippen molar-refractivity contribution < 1.29 is 9.66 Å². The summed E-state index contributed by atoms with van der Waals surface area (Å²) in [5, 5.41) is 22.8. The summed E-state index contributed by atoms with van der Waals surface area (Å²) in [6.45, 7) is 0. The van der Waals surface area contributed by atoms with Crippen LogP contribution < -0.4 is 10.1 Å². The van der Waals surface area contributed by atoms with Gasteiger partial charge < -0.3 is 10.1 Å². The van der Waals surface area contributed by atoms with Crippen LogP contribution in [0.1, 0.15) is 5.56 Å². The zero-order valence-corrected chi connectivity index (χ0v) is 13.1. The fourth-order valence-corrected chi connectivity index (χ4v) is 2.46. The van der Waals surface area contributed by atoms with E-state index in [0.29, 0.717) is 26.3 Å². The largest absolute Gasteiger partial charge is 0.495 e. The molecule has 6 nitrogen and oxygen atoms in total. The molecular weight excluding hydrogens is 385 g/mol. The van der Waals surface area contributed by atoms with Gasteiger partial charge in [-0.1, -0.05) is 0 Å².